The summed E-state index contributed by atoms with van der Waals surface area (Å²) >= 11 is 0. The van der Waals surface area contributed by atoms with Crippen molar-refractivity contribution < 1.29 is 9.22 Å². The predicted molar refractivity (Wildman–Crippen MR) is 92.5 cm³/mol. The molecule has 0 aromatic rings. The molecule has 3 atom stereocenters. The maximum absolute atomic E-state index is 12.1. The molecule has 2 saturated heterocycles. The standard InChI is InChI=1S/C18H31NO2Si/c1-13-11-19-12-14(21-22(5,6)17(2,3)4)9-18(19)8-7-16(20)15(13)10-18/h14-15H,1,7-12H2,2-6H3/t14?,15-,18-/m1/s1. The molecule has 3 rings (SSSR count). The molecule has 3 nitrogen and oxygen atoms in total. The van der Waals surface area contributed by atoms with E-state index in [1.54, 1.807) is 0 Å². The average molecular weight is 322 g/mol. The summed E-state index contributed by atoms with van der Waals surface area (Å²) in [5, 5.41) is 0.252. The van der Waals surface area contributed by atoms with E-state index in [1.807, 2.05) is 0 Å². The molecule has 3 fully saturated rings. The summed E-state index contributed by atoms with van der Waals surface area (Å²) in [6.07, 6.45) is 4.18. The molecule has 1 spiro atoms. The molecule has 0 N–H and O–H groups in total. The van der Waals surface area contributed by atoms with Crippen molar-refractivity contribution in [2.45, 2.75) is 76.2 Å². The molecule has 3 aliphatic rings. The number of fused-ring (bicyclic) bond motifs is 1. The summed E-state index contributed by atoms with van der Waals surface area (Å²) < 4.78 is 6.69. The highest BCUT2D eigenvalue weighted by molar-refractivity contribution is 6.74. The van der Waals surface area contributed by atoms with E-state index in [0.717, 1.165) is 44.3 Å². The fraction of sp³-hybridized carbons (Fsp3) is 0.833. The van der Waals surface area contributed by atoms with Crippen molar-refractivity contribution >= 4 is 14.1 Å². The van der Waals surface area contributed by atoms with Crippen LogP contribution >= 0.6 is 0 Å². The lowest BCUT2D eigenvalue weighted by atomic mass is 9.68. The quantitative estimate of drug-likeness (QED) is 0.573. The van der Waals surface area contributed by atoms with E-state index in [9.17, 15) is 4.79 Å². The summed E-state index contributed by atoms with van der Waals surface area (Å²) in [6.45, 7) is 17.7. The van der Waals surface area contributed by atoms with Crippen LogP contribution in [-0.4, -0.2) is 43.7 Å². The minimum absolute atomic E-state index is 0.122. The van der Waals surface area contributed by atoms with Crippen LogP contribution in [0.15, 0.2) is 12.2 Å². The molecule has 1 unspecified atom stereocenters. The van der Waals surface area contributed by atoms with E-state index in [1.165, 1.54) is 0 Å². The molecule has 0 amide bonds. The molecule has 4 heteroatoms. The van der Waals surface area contributed by atoms with Crippen molar-refractivity contribution in [3.63, 3.8) is 0 Å². The van der Waals surface area contributed by atoms with Crippen LogP contribution in [0.5, 0.6) is 0 Å². The average Bonchev–Trinajstić information content (AvgIpc) is 2.69. The zero-order chi connectivity index (χ0) is 16.3. The van der Waals surface area contributed by atoms with Crippen LogP contribution in [0, 0.1) is 5.92 Å². The van der Waals surface area contributed by atoms with Crippen molar-refractivity contribution in [3.05, 3.63) is 12.2 Å². The van der Waals surface area contributed by atoms with Crippen molar-refractivity contribution in [1.29, 1.82) is 0 Å². The van der Waals surface area contributed by atoms with Crippen molar-refractivity contribution in [1.82, 2.24) is 4.90 Å². The summed E-state index contributed by atoms with van der Waals surface area (Å²) in [6, 6.07) is 0. The summed E-state index contributed by atoms with van der Waals surface area (Å²) in [4.78, 5) is 14.7. The number of hydrogen-bond acceptors (Lipinski definition) is 3. The lowest BCUT2D eigenvalue weighted by molar-refractivity contribution is -0.128. The van der Waals surface area contributed by atoms with Crippen LogP contribution in [0.4, 0.5) is 0 Å². The Kier molecular flexibility index (Phi) is 3.74. The van der Waals surface area contributed by atoms with Gasteiger partial charge >= 0.3 is 0 Å². The maximum Gasteiger partial charge on any atom is 0.192 e. The molecule has 0 radical (unpaired) electrons. The van der Waals surface area contributed by atoms with Crippen molar-refractivity contribution in [2.75, 3.05) is 13.1 Å². The van der Waals surface area contributed by atoms with E-state index in [0.29, 0.717) is 11.9 Å². The summed E-state index contributed by atoms with van der Waals surface area (Å²) in [5.74, 6) is 0.542. The molecule has 1 saturated carbocycles. The van der Waals surface area contributed by atoms with Crippen LogP contribution < -0.4 is 0 Å². The number of carbonyl (C=O) groups is 1. The van der Waals surface area contributed by atoms with Gasteiger partial charge in [-0.2, -0.15) is 0 Å². The monoisotopic (exact) mass is 321 g/mol. The Labute approximate surface area is 136 Å². The van der Waals surface area contributed by atoms with Crippen LogP contribution in [0.3, 0.4) is 0 Å². The van der Waals surface area contributed by atoms with Gasteiger partial charge in [-0.25, -0.2) is 0 Å². The molecular formula is C18H31NO2Si. The van der Waals surface area contributed by atoms with Gasteiger partial charge in [-0.15, -0.1) is 0 Å². The molecule has 124 valence electrons. The number of nitrogens with zero attached hydrogens (tertiary/aromatic N) is 1. The molecule has 0 aromatic heterocycles. The van der Waals surface area contributed by atoms with Gasteiger partial charge in [0.05, 0.1) is 6.10 Å². The second-order valence-electron chi connectivity index (χ2n) is 9.19. The van der Waals surface area contributed by atoms with Gasteiger partial charge in [-0.3, -0.25) is 9.69 Å². The van der Waals surface area contributed by atoms with E-state index in [4.69, 9.17) is 4.43 Å². The fourth-order valence-corrected chi connectivity index (χ4v) is 5.63. The third-order valence-corrected chi connectivity index (χ3v) is 11.2. The zero-order valence-electron chi connectivity index (χ0n) is 14.9. The molecular weight excluding hydrogens is 290 g/mol. The molecule has 0 aromatic carbocycles. The number of ketones is 1. The van der Waals surface area contributed by atoms with Crippen molar-refractivity contribution in [3.8, 4) is 0 Å². The van der Waals surface area contributed by atoms with Gasteiger partial charge in [0.1, 0.15) is 5.78 Å². The zero-order valence-corrected chi connectivity index (χ0v) is 15.9. The minimum atomic E-state index is -1.73. The Morgan fingerprint density at radius 3 is 2.64 bits per heavy atom. The van der Waals surface area contributed by atoms with Crippen LogP contribution in [-0.2, 0) is 9.22 Å². The van der Waals surface area contributed by atoms with Gasteiger partial charge in [0, 0.05) is 31.0 Å². The highest BCUT2D eigenvalue weighted by Gasteiger charge is 2.55. The Morgan fingerprint density at radius 2 is 2.00 bits per heavy atom. The highest BCUT2D eigenvalue weighted by Crippen LogP contribution is 2.50. The molecule has 1 aliphatic carbocycles. The predicted octanol–water partition coefficient (Wildman–Crippen LogP) is 3.76. The van der Waals surface area contributed by atoms with E-state index in [2.05, 4.69) is 45.3 Å². The number of carbonyl (C=O) groups excluding carboxylic acids is 1. The van der Waals surface area contributed by atoms with Gasteiger partial charge in [0.2, 0.25) is 0 Å². The second-order valence-corrected chi connectivity index (χ2v) is 13.9. The second kappa shape index (κ2) is 5.02. The van der Waals surface area contributed by atoms with Gasteiger partial charge in [0.25, 0.3) is 0 Å². The van der Waals surface area contributed by atoms with E-state index in [-0.39, 0.29) is 16.5 Å². The van der Waals surface area contributed by atoms with Gasteiger partial charge in [-0.05, 0) is 37.4 Å². The SMILES string of the molecule is C=C1CN2CC(O[Si](C)(C)C(C)(C)C)C[C@@]23CCC(=O)[C@@H]1C3. The molecule has 2 aliphatic heterocycles. The number of Topliss-reactive ketones (excluding diaryl/α,β-unsaturated/α-hetero) is 1. The molecule has 2 bridgehead atoms. The first-order chi connectivity index (χ1) is 10.0. The normalized spacial score (nSPS) is 36.6. The van der Waals surface area contributed by atoms with Gasteiger partial charge < -0.3 is 4.43 Å². The van der Waals surface area contributed by atoms with Crippen LogP contribution in [0.25, 0.3) is 0 Å². The Morgan fingerprint density at radius 1 is 1.32 bits per heavy atom. The van der Waals surface area contributed by atoms with Crippen molar-refractivity contribution in [2.24, 2.45) is 5.92 Å². The van der Waals surface area contributed by atoms with E-state index < -0.39 is 8.32 Å². The molecule has 22 heavy (non-hydrogen) atoms. The minimum Gasteiger partial charge on any atom is -0.413 e. The first-order valence-corrected chi connectivity index (χ1v) is 11.6. The Bertz CT molecular complexity index is 508. The fourth-order valence-electron chi connectivity index (χ4n) is 4.29. The van der Waals surface area contributed by atoms with Gasteiger partial charge in [0.15, 0.2) is 8.32 Å². The number of hydrogen-bond donors (Lipinski definition) is 0. The van der Waals surface area contributed by atoms with Crippen LogP contribution in [0.1, 0.15) is 46.5 Å². The van der Waals surface area contributed by atoms with Gasteiger partial charge in [-0.1, -0.05) is 32.9 Å². The third-order valence-electron chi connectivity index (χ3n) is 6.67. The summed E-state index contributed by atoms with van der Waals surface area (Å²) in [7, 11) is -1.73. The maximum atomic E-state index is 12.1. The number of rotatable bonds is 2. The van der Waals surface area contributed by atoms with E-state index >= 15 is 0 Å². The lowest BCUT2D eigenvalue weighted by Crippen LogP contribution is -2.55. The first-order valence-electron chi connectivity index (χ1n) is 8.67. The lowest BCUT2D eigenvalue weighted by Gasteiger charge is -2.49. The largest absolute Gasteiger partial charge is 0.413 e. The first kappa shape index (κ1) is 16.4. The summed E-state index contributed by atoms with van der Waals surface area (Å²) in [5.41, 5.74) is 1.35. The Balaban J connectivity index is 1.76. The third kappa shape index (κ3) is 2.53. The number of piperidine rings is 1. The smallest absolute Gasteiger partial charge is 0.192 e. The molecule has 2 heterocycles. The van der Waals surface area contributed by atoms with Crippen LogP contribution in [0.2, 0.25) is 18.1 Å². The highest BCUT2D eigenvalue weighted by atomic mass is 28.4. The Hall–Kier alpha value is -0.453. The topological polar surface area (TPSA) is 29.5 Å².